The minimum Gasteiger partial charge on any atom is -0.456 e. The Balaban J connectivity index is 1.45. The molecule has 0 aliphatic carbocycles. The van der Waals surface area contributed by atoms with Crippen molar-refractivity contribution in [1.82, 2.24) is 9.55 Å². The fraction of sp³-hybridized carbons (Fsp3) is 0. The van der Waals surface area contributed by atoms with Gasteiger partial charge < -0.3 is 9.15 Å². The summed E-state index contributed by atoms with van der Waals surface area (Å²) in [5.41, 5.74) is 7.12. The molecule has 0 fully saturated rings. The predicted octanol–water partition coefficient (Wildman–Crippen LogP) is 9.00. The molecule has 9 rings (SSSR count). The van der Waals surface area contributed by atoms with Gasteiger partial charge in [0.1, 0.15) is 28.3 Å². The zero-order valence-electron chi connectivity index (χ0n) is 19.6. The largest absolute Gasteiger partial charge is 0.456 e. The standard InChI is InChI=1S/C33H18N2O2/c1-3-11-27-20(7-1)22-15-14-19(17-30(22)37-27)35-32-24-9-5-13-29-31(24)25(21-8-2-4-12-28(21)36-29)18-26(32)23-10-6-16-34-33(23)35/h1-18H. The SMILES string of the molecule is c1ccc2c(c1)Oc1cccc3c1c-2cc1c2cccnc2n(-c2ccc4c(c2)oc2ccccc24)c31. The molecule has 4 heterocycles. The van der Waals surface area contributed by atoms with Crippen LogP contribution in [-0.2, 0) is 0 Å². The molecule has 37 heavy (non-hydrogen) atoms. The summed E-state index contributed by atoms with van der Waals surface area (Å²) in [4.78, 5) is 4.86. The molecule has 172 valence electrons. The number of ether oxygens (including phenoxy) is 1. The maximum atomic E-state index is 6.37. The van der Waals surface area contributed by atoms with Crippen molar-refractivity contribution in [1.29, 1.82) is 0 Å². The highest BCUT2D eigenvalue weighted by molar-refractivity contribution is 6.23. The Morgan fingerprint density at radius 1 is 0.568 bits per heavy atom. The van der Waals surface area contributed by atoms with Gasteiger partial charge in [-0.05, 0) is 54.1 Å². The third-order valence-electron chi connectivity index (χ3n) is 7.62. The molecular formula is C33H18N2O2. The normalized spacial score (nSPS) is 12.5. The predicted molar refractivity (Wildman–Crippen MR) is 149 cm³/mol. The Kier molecular flexibility index (Phi) is 3.50. The molecule has 0 unspecified atom stereocenters. The van der Waals surface area contributed by atoms with Crippen molar-refractivity contribution in [2.45, 2.75) is 0 Å². The maximum absolute atomic E-state index is 6.37. The Hall–Kier alpha value is -5.09. The number of fused-ring (bicyclic) bond motifs is 9. The van der Waals surface area contributed by atoms with Crippen molar-refractivity contribution < 1.29 is 9.15 Å². The lowest BCUT2D eigenvalue weighted by atomic mass is 9.92. The quantitative estimate of drug-likeness (QED) is 0.238. The van der Waals surface area contributed by atoms with E-state index >= 15 is 0 Å². The molecule has 1 aliphatic rings. The molecule has 0 atom stereocenters. The van der Waals surface area contributed by atoms with E-state index in [0.717, 1.165) is 72.0 Å². The second-order valence-corrected chi connectivity index (χ2v) is 9.59. The summed E-state index contributed by atoms with van der Waals surface area (Å²) >= 11 is 0. The lowest BCUT2D eigenvalue weighted by Crippen LogP contribution is -1.99. The number of benzene rings is 5. The highest BCUT2D eigenvalue weighted by Crippen LogP contribution is 2.50. The highest BCUT2D eigenvalue weighted by atomic mass is 16.5. The second-order valence-electron chi connectivity index (χ2n) is 9.59. The molecule has 0 amide bonds. The lowest BCUT2D eigenvalue weighted by Gasteiger charge is -2.22. The highest BCUT2D eigenvalue weighted by Gasteiger charge is 2.25. The molecule has 3 aromatic heterocycles. The Bertz CT molecular complexity index is 2240. The van der Waals surface area contributed by atoms with Gasteiger partial charge in [0.25, 0.3) is 0 Å². The van der Waals surface area contributed by atoms with E-state index in [1.165, 1.54) is 10.9 Å². The van der Waals surface area contributed by atoms with Gasteiger partial charge in [-0.15, -0.1) is 0 Å². The van der Waals surface area contributed by atoms with Crippen molar-refractivity contribution in [3.63, 3.8) is 0 Å². The average molecular weight is 475 g/mol. The summed E-state index contributed by atoms with van der Waals surface area (Å²) in [6, 6.07) is 35.7. The van der Waals surface area contributed by atoms with Gasteiger partial charge >= 0.3 is 0 Å². The minimum atomic E-state index is 0.865. The number of aromatic nitrogens is 2. The molecule has 0 N–H and O–H groups in total. The Morgan fingerprint density at radius 2 is 1.38 bits per heavy atom. The summed E-state index contributed by atoms with van der Waals surface area (Å²) in [5.74, 6) is 1.77. The van der Waals surface area contributed by atoms with Crippen molar-refractivity contribution in [2.24, 2.45) is 0 Å². The molecule has 4 heteroatoms. The van der Waals surface area contributed by atoms with Crippen molar-refractivity contribution >= 4 is 54.6 Å². The summed E-state index contributed by atoms with van der Waals surface area (Å²) in [6.07, 6.45) is 1.86. The number of hydrogen-bond acceptors (Lipinski definition) is 3. The van der Waals surface area contributed by atoms with Gasteiger partial charge in [0.05, 0.1) is 11.2 Å². The maximum Gasteiger partial charge on any atom is 0.145 e. The monoisotopic (exact) mass is 474 g/mol. The van der Waals surface area contributed by atoms with Gasteiger partial charge in [-0.3, -0.25) is 4.57 Å². The first-order valence-corrected chi connectivity index (χ1v) is 12.4. The molecule has 0 radical (unpaired) electrons. The average Bonchev–Trinajstić information content (AvgIpc) is 3.48. The molecule has 1 aliphatic heterocycles. The van der Waals surface area contributed by atoms with E-state index in [0.29, 0.717) is 0 Å². The van der Waals surface area contributed by atoms with E-state index in [2.05, 4.69) is 71.3 Å². The number of para-hydroxylation sites is 2. The van der Waals surface area contributed by atoms with E-state index < -0.39 is 0 Å². The second kappa shape index (κ2) is 6.77. The third-order valence-corrected chi connectivity index (χ3v) is 7.62. The summed E-state index contributed by atoms with van der Waals surface area (Å²) < 4.78 is 14.9. The van der Waals surface area contributed by atoms with E-state index in [1.54, 1.807) is 0 Å². The van der Waals surface area contributed by atoms with Crippen molar-refractivity contribution in [3.05, 3.63) is 109 Å². The number of rotatable bonds is 1. The first-order chi connectivity index (χ1) is 18.3. The number of furan rings is 1. The molecule has 0 spiro atoms. The van der Waals surface area contributed by atoms with E-state index in [1.807, 2.05) is 42.6 Å². The zero-order chi connectivity index (χ0) is 24.1. The lowest BCUT2D eigenvalue weighted by molar-refractivity contribution is 0.487. The Morgan fingerprint density at radius 3 is 2.38 bits per heavy atom. The molecule has 0 bridgehead atoms. The van der Waals surface area contributed by atoms with E-state index in [4.69, 9.17) is 14.1 Å². The summed E-state index contributed by atoms with van der Waals surface area (Å²) in [5, 5.41) is 6.80. The molecule has 0 saturated heterocycles. The Labute approximate surface area is 210 Å². The molecule has 4 nitrogen and oxygen atoms in total. The fourth-order valence-electron chi connectivity index (χ4n) is 6.07. The van der Waals surface area contributed by atoms with Gasteiger partial charge in [-0.2, -0.15) is 0 Å². The first-order valence-electron chi connectivity index (χ1n) is 12.4. The van der Waals surface area contributed by atoms with Gasteiger partial charge in [-0.25, -0.2) is 4.98 Å². The smallest absolute Gasteiger partial charge is 0.145 e. The van der Waals surface area contributed by atoms with Crippen LogP contribution in [0.15, 0.2) is 114 Å². The van der Waals surface area contributed by atoms with Crippen LogP contribution in [-0.4, -0.2) is 9.55 Å². The van der Waals surface area contributed by atoms with Crippen LogP contribution < -0.4 is 4.74 Å². The molecule has 5 aromatic carbocycles. The van der Waals surface area contributed by atoms with Crippen LogP contribution >= 0.6 is 0 Å². The van der Waals surface area contributed by atoms with Crippen LogP contribution in [0.2, 0.25) is 0 Å². The third kappa shape index (κ3) is 2.44. The van der Waals surface area contributed by atoms with E-state index in [9.17, 15) is 0 Å². The number of hydrogen-bond donors (Lipinski definition) is 0. The van der Waals surface area contributed by atoms with Crippen molar-refractivity contribution in [3.8, 4) is 28.3 Å². The van der Waals surface area contributed by atoms with Crippen LogP contribution in [0.3, 0.4) is 0 Å². The van der Waals surface area contributed by atoms with Gasteiger partial charge in [-0.1, -0.05) is 48.5 Å². The van der Waals surface area contributed by atoms with Gasteiger partial charge in [0.2, 0.25) is 0 Å². The summed E-state index contributed by atoms with van der Waals surface area (Å²) in [7, 11) is 0. The topological polar surface area (TPSA) is 40.2 Å². The molecular weight excluding hydrogens is 456 g/mol. The van der Waals surface area contributed by atoms with Crippen LogP contribution in [0.1, 0.15) is 0 Å². The number of pyridine rings is 1. The van der Waals surface area contributed by atoms with Gasteiger partial charge in [0, 0.05) is 50.1 Å². The summed E-state index contributed by atoms with van der Waals surface area (Å²) in [6.45, 7) is 0. The van der Waals surface area contributed by atoms with Crippen molar-refractivity contribution in [2.75, 3.05) is 0 Å². The number of nitrogens with zero attached hydrogens (tertiary/aromatic N) is 2. The van der Waals surface area contributed by atoms with E-state index in [-0.39, 0.29) is 0 Å². The van der Waals surface area contributed by atoms with Crippen LogP contribution in [0.25, 0.3) is 71.5 Å². The molecule has 0 saturated carbocycles. The molecule has 8 aromatic rings. The van der Waals surface area contributed by atoms with Crippen LogP contribution in [0.5, 0.6) is 11.5 Å². The fourth-order valence-corrected chi connectivity index (χ4v) is 6.07. The minimum absolute atomic E-state index is 0.865. The first kappa shape index (κ1) is 19.1. The van der Waals surface area contributed by atoms with Crippen LogP contribution in [0, 0.1) is 0 Å². The zero-order valence-corrected chi connectivity index (χ0v) is 19.6. The van der Waals surface area contributed by atoms with Gasteiger partial charge in [0.15, 0.2) is 0 Å². The van der Waals surface area contributed by atoms with Crippen LogP contribution in [0.4, 0.5) is 0 Å².